The summed E-state index contributed by atoms with van der Waals surface area (Å²) in [5, 5.41) is 11.9. The molecule has 8 heteroatoms. The van der Waals surface area contributed by atoms with E-state index in [0.717, 1.165) is 10.9 Å². The molecule has 0 saturated carbocycles. The van der Waals surface area contributed by atoms with Crippen LogP contribution in [0.4, 0.5) is 0 Å². The molecule has 0 amide bonds. The Bertz CT molecular complexity index is 1220. The fraction of sp³-hybridized carbons (Fsp3) is 0.208. The molecule has 0 atom stereocenters. The van der Waals surface area contributed by atoms with Gasteiger partial charge in [-0.3, -0.25) is 0 Å². The molecule has 32 heavy (non-hydrogen) atoms. The standard InChI is InChI=1S/C24H28N5O2P/c1-28(2)32(29(3)4,20-14-9-6-10-15-20,18-19-12-7-5-8-13-19)31-24(30)21-16-11-17-22-23(21)26-27-25-22/h5-17H,18H2,1-4H3,(H,25,26,27). The van der Waals surface area contributed by atoms with Gasteiger partial charge in [0.15, 0.2) is 0 Å². The molecule has 0 spiro atoms. The number of fused-ring (bicyclic) bond motifs is 1. The van der Waals surface area contributed by atoms with E-state index in [0.29, 0.717) is 22.8 Å². The molecular weight excluding hydrogens is 421 g/mol. The zero-order valence-corrected chi connectivity index (χ0v) is 19.7. The van der Waals surface area contributed by atoms with Crippen molar-refractivity contribution in [3.05, 3.63) is 90.0 Å². The molecule has 1 heterocycles. The van der Waals surface area contributed by atoms with Gasteiger partial charge in [-0.25, -0.2) is 0 Å². The predicted octanol–water partition coefficient (Wildman–Crippen LogP) is 4.06. The minimum absolute atomic E-state index is 0.387. The van der Waals surface area contributed by atoms with Crippen LogP contribution in [0, 0.1) is 0 Å². The number of carbonyl (C=O) groups excluding carboxylic acids is 1. The van der Waals surface area contributed by atoms with Gasteiger partial charge < -0.3 is 0 Å². The van der Waals surface area contributed by atoms with Crippen LogP contribution in [0.2, 0.25) is 0 Å². The van der Waals surface area contributed by atoms with Crippen molar-refractivity contribution in [2.75, 3.05) is 28.2 Å². The number of aromatic amines is 1. The quantitative estimate of drug-likeness (QED) is 0.429. The second-order valence-electron chi connectivity index (χ2n) is 8.16. The molecule has 0 aliphatic rings. The number of hydrogen-bond acceptors (Lipinski definition) is 6. The summed E-state index contributed by atoms with van der Waals surface area (Å²) in [5.74, 6) is -0.427. The van der Waals surface area contributed by atoms with Crippen molar-refractivity contribution in [3.8, 4) is 0 Å². The van der Waals surface area contributed by atoms with E-state index < -0.39 is 13.1 Å². The maximum atomic E-state index is 13.8. The van der Waals surface area contributed by atoms with Crippen LogP contribution < -0.4 is 5.30 Å². The molecule has 0 fully saturated rings. The number of rotatable bonds is 7. The molecular formula is C24H28N5O2P. The summed E-state index contributed by atoms with van der Waals surface area (Å²) in [7, 11) is 4.25. The summed E-state index contributed by atoms with van der Waals surface area (Å²) < 4.78 is 10.9. The van der Waals surface area contributed by atoms with Crippen LogP contribution in [0.3, 0.4) is 0 Å². The fourth-order valence-corrected chi connectivity index (χ4v) is 9.31. The number of H-pyrrole nitrogens is 1. The van der Waals surface area contributed by atoms with Crippen LogP contribution in [0.5, 0.6) is 0 Å². The van der Waals surface area contributed by atoms with Gasteiger partial charge in [-0.2, -0.15) is 0 Å². The van der Waals surface area contributed by atoms with Gasteiger partial charge in [-0.05, 0) is 0 Å². The van der Waals surface area contributed by atoms with Gasteiger partial charge in [0.1, 0.15) is 0 Å². The molecule has 1 N–H and O–H groups in total. The summed E-state index contributed by atoms with van der Waals surface area (Å²) in [6.45, 7) is 0. The number of para-hydroxylation sites is 1. The number of aromatic nitrogens is 3. The predicted molar refractivity (Wildman–Crippen MR) is 130 cm³/mol. The second kappa shape index (κ2) is 8.43. The summed E-state index contributed by atoms with van der Waals surface area (Å²) in [6, 6.07) is 25.5. The molecule has 0 bridgehead atoms. The summed E-state index contributed by atoms with van der Waals surface area (Å²) in [4.78, 5) is 13.8. The summed E-state index contributed by atoms with van der Waals surface area (Å²) >= 11 is 0. The summed E-state index contributed by atoms with van der Waals surface area (Å²) in [6.07, 6.45) is 0.539. The van der Waals surface area contributed by atoms with Gasteiger partial charge in [-0.1, -0.05) is 0 Å². The first-order valence-electron chi connectivity index (χ1n) is 10.4. The van der Waals surface area contributed by atoms with Crippen LogP contribution in [0.1, 0.15) is 15.9 Å². The van der Waals surface area contributed by atoms with E-state index in [1.54, 1.807) is 12.1 Å². The Morgan fingerprint density at radius 1 is 0.844 bits per heavy atom. The van der Waals surface area contributed by atoms with Crippen molar-refractivity contribution in [2.45, 2.75) is 6.16 Å². The minimum atomic E-state index is -3.69. The van der Waals surface area contributed by atoms with Crippen LogP contribution in [-0.2, 0) is 10.7 Å². The third-order valence-corrected chi connectivity index (χ3v) is 12.2. The Labute approximate surface area is 188 Å². The topological polar surface area (TPSA) is 74.3 Å². The average Bonchev–Trinajstić information content (AvgIpc) is 3.28. The summed E-state index contributed by atoms with van der Waals surface area (Å²) in [5.41, 5.74) is 2.60. The first-order valence-corrected chi connectivity index (χ1v) is 12.6. The number of nitrogens with zero attached hydrogens (tertiary/aromatic N) is 4. The number of carbonyl (C=O) groups is 1. The van der Waals surface area contributed by atoms with Crippen molar-refractivity contribution in [2.24, 2.45) is 0 Å². The second-order valence-corrected chi connectivity index (χ2v) is 13.0. The molecule has 4 aromatic rings. The molecule has 0 radical (unpaired) electrons. The van der Waals surface area contributed by atoms with Crippen LogP contribution in [0.25, 0.3) is 11.0 Å². The molecule has 0 aliphatic heterocycles. The van der Waals surface area contributed by atoms with E-state index in [2.05, 4.69) is 36.9 Å². The molecule has 1 aromatic heterocycles. The zero-order valence-electron chi connectivity index (χ0n) is 18.8. The third kappa shape index (κ3) is 3.39. The average molecular weight is 449 g/mol. The van der Waals surface area contributed by atoms with Crippen LogP contribution >= 0.6 is 7.13 Å². The first kappa shape index (κ1) is 22.1. The molecule has 0 aliphatic carbocycles. The number of benzene rings is 3. The van der Waals surface area contributed by atoms with E-state index in [1.807, 2.05) is 82.8 Å². The number of nitrogens with one attached hydrogen (secondary N) is 1. The van der Waals surface area contributed by atoms with Crippen molar-refractivity contribution >= 4 is 29.4 Å². The first-order chi connectivity index (χ1) is 15.4. The van der Waals surface area contributed by atoms with E-state index >= 15 is 0 Å². The van der Waals surface area contributed by atoms with Gasteiger partial charge in [0, 0.05) is 0 Å². The van der Waals surface area contributed by atoms with Gasteiger partial charge in [0.25, 0.3) is 0 Å². The van der Waals surface area contributed by atoms with Crippen molar-refractivity contribution in [3.63, 3.8) is 0 Å². The Morgan fingerprint density at radius 3 is 2.09 bits per heavy atom. The van der Waals surface area contributed by atoms with E-state index in [4.69, 9.17) is 4.52 Å². The van der Waals surface area contributed by atoms with Crippen molar-refractivity contribution in [1.82, 2.24) is 24.8 Å². The number of hydrogen-bond donors (Lipinski definition) is 1. The van der Waals surface area contributed by atoms with E-state index in [1.165, 1.54) is 0 Å². The molecule has 4 rings (SSSR count). The van der Waals surface area contributed by atoms with Gasteiger partial charge in [-0.15, -0.1) is 0 Å². The third-order valence-electron chi connectivity index (χ3n) is 6.08. The van der Waals surface area contributed by atoms with Gasteiger partial charge in [0.05, 0.1) is 0 Å². The van der Waals surface area contributed by atoms with Crippen molar-refractivity contribution < 1.29 is 9.32 Å². The Kier molecular flexibility index (Phi) is 5.82. The zero-order chi connectivity index (χ0) is 22.8. The Morgan fingerprint density at radius 2 is 1.47 bits per heavy atom. The monoisotopic (exact) mass is 449 g/mol. The molecule has 7 nitrogen and oxygen atoms in total. The Hall–Kier alpha value is -3.12. The van der Waals surface area contributed by atoms with Gasteiger partial charge in [0.2, 0.25) is 0 Å². The fourth-order valence-electron chi connectivity index (χ4n) is 4.34. The molecule has 3 aromatic carbocycles. The van der Waals surface area contributed by atoms with Crippen LogP contribution in [-0.4, -0.2) is 58.9 Å². The van der Waals surface area contributed by atoms with E-state index in [-0.39, 0.29) is 0 Å². The molecule has 0 unspecified atom stereocenters. The van der Waals surface area contributed by atoms with Crippen LogP contribution in [0.15, 0.2) is 78.9 Å². The molecule has 0 saturated heterocycles. The van der Waals surface area contributed by atoms with Crippen molar-refractivity contribution in [1.29, 1.82) is 0 Å². The van der Waals surface area contributed by atoms with E-state index in [9.17, 15) is 4.79 Å². The SMILES string of the molecule is CN(C)P(Cc1ccccc1)(OC(=O)c1cccc2n[nH]nc12)(c1ccccc1)N(C)C. The molecule has 166 valence electrons. The maximum absolute atomic E-state index is 13.8. The normalized spacial score (nSPS) is 13.2. The Balaban J connectivity index is 1.96. The van der Waals surface area contributed by atoms with Gasteiger partial charge >= 0.3 is 188 Å².